The summed E-state index contributed by atoms with van der Waals surface area (Å²) in [6.07, 6.45) is 7.43. The van der Waals surface area contributed by atoms with Crippen molar-refractivity contribution in [3.05, 3.63) is 47.9 Å². The average Bonchev–Trinajstić information content (AvgIpc) is 3.19. The summed E-state index contributed by atoms with van der Waals surface area (Å²) in [6.45, 7) is 5.32. The van der Waals surface area contributed by atoms with E-state index in [1.165, 1.54) is 0 Å². The van der Waals surface area contributed by atoms with Crippen LogP contribution in [0.4, 0.5) is 0 Å². The first-order valence-electron chi connectivity index (χ1n) is 8.23. The van der Waals surface area contributed by atoms with Crippen LogP contribution in [0.2, 0.25) is 0 Å². The third-order valence-electron chi connectivity index (χ3n) is 4.57. The highest BCUT2D eigenvalue weighted by Gasteiger charge is 2.27. The Hall–Kier alpha value is -2.70. The Morgan fingerprint density at radius 2 is 2.17 bits per heavy atom. The van der Waals surface area contributed by atoms with Gasteiger partial charge in [0.25, 0.3) is 5.91 Å². The number of hydrogen-bond acceptors (Lipinski definition) is 4. The van der Waals surface area contributed by atoms with Crippen LogP contribution in [-0.2, 0) is 0 Å². The topological polar surface area (TPSA) is 68.3 Å². The number of rotatable bonds is 2. The van der Waals surface area contributed by atoms with E-state index in [0.29, 0.717) is 12.1 Å². The zero-order chi connectivity index (χ0) is 16.7. The minimum atomic E-state index is 0.0600. The third kappa shape index (κ3) is 2.55. The molecule has 7 nitrogen and oxygen atoms in total. The molecule has 0 N–H and O–H groups in total. The van der Waals surface area contributed by atoms with Crippen LogP contribution in [0.25, 0.3) is 5.65 Å². The molecule has 0 unspecified atom stereocenters. The Morgan fingerprint density at radius 1 is 1.29 bits per heavy atom. The van der Waals surface area contributed by atoms with Crippen molar-refractivity contribution < 1.29 is 4.79 Å². The van der Waals surface area contributed by atoms with E-state index in [2.05, 4.69) is 15.1 Å². The summed E-state index contributed by atoms with van der Waals surface area (Å²) >= 11 is 0. The number of likely N-dealkylation sites (tertiary alicyclic amines) is 1. The molecule has 24 heavy (non-hydrogen) atoms. The van der Waals surface area contributed by atoms with Crippen molar-refractivity contribution in [3.8, 4) is 0 Å². The second-order valence-electron chi connectivity index (χ2n) is 6.31. The summed E-state index contributed by atoms with van der Waals surface area (Å²) in [4.78, 5) is 23.4. The molecule has 0 saturated carbocycles. The van der Waals surface area contributed by atoms with E-state index >= 15 is 0 Å². The number of aromatic nitrogens is 5. The van der Waals surface area contributed by atoms with Gasteiger partial charge in [-0.05, 0) is 38.8 Å². The largest absolute Gasteiger partial charge is 0.336 e. The first-order valence-corrected chi connectivity index (χ1v) is 8.23. The van der Waals surface area contributed by atoms with Gasteiger partial charge >= 0.3 is 0 Å². The van der Waals surface area contributed by atoms with Crippen LogP contribution in [0.15, 0.2) is 30.7 Å². The number of hydrogen-bond donors (Lipinski definition) is 0. The van der Waals surface area contributed by atoms with Gasteiger partial charge in [-0.2, -0.15) is 5.10 Å². The zero-order valence-corrected chi connectivity index (χ0v) is 13.9. The number of imidazole rings is 1. The second-order valence-corrected chi connectivity index (χ2v) is 6.31. The summed E-state index contributed by atoms with van der Waals surface area (Å²) in [5.41, 5.74) is 1.53. The Balaban J connectivity index is 1.56. The summed E-state index contributed by atoms with van der Waals surface area (Å²) in [6, 6.07) is 3.92. The summed E-state index contributed by atoms with van der Waals surface area (Å²) in [5.74, 6) is 1.75. The molecule has 0 aromatic carbocycles. The van der Waals surface area contributed by atoms with Crippen molar-refractivity contribution in [1.29, 1.82) is 0 Å². The number of carbonyl (C=O) groups excluding carboxylic acids is 1. The maximum atomic E-state index is 12.9. The number of amides is 1. The van der Waals surface area contributed by atoms with Gasteiger partial charge in [0.05, 0.1) is 11.6 Å². The molecular formula is C17H20N6O. The van der Waals surface area contributed by atoms with Crippen LogP contribution in [0.3, 0.4) is 0 Å². The van der Waals surface area contributed by atoms with Crippen LogP contribution in [0.1, 0.15) is 40.9 Å². The Bertz CT molecular complexity index is 896. The van der Waals surface area contributed by atoms with Crippen molar-refractivity contribution in [2.24, 2.45) is 0 Å². The van der Waals surface area contributed by atoms with Gasteiger partial charge in [0.15, 0.2) is 0 Å². The van der Waals surface area contributed by atoms with E-state index < -0.39 is 0 Å². The van der Waals surface area contributed by atoms with Gasteiger partial charge in [-0.1, -0.05) is 0 Å². The Labute approximate surface area is 139 Å². The number of carbonyl (C=O) groups is 1. The van der Waals surface area contributed by atoms with Crippen molar-refractivity contribution in [2.75, 3.05) is 13.1 Å². The molecule has 1 atom stereocenters. The maximum Gasteiger partial charge on any atom is 0.255 e. The fourth-order valence-corrected chi connectivity index (χ4v) is 3.45. The molecule has 7 heteroatoms. The number of fused-ring (bicyclic) bond motifs is 1. The summed E-state index contributed by atoms with van der Waals surface area (Å²) in [7, 11) is 0. The SMILES string of the molecule is Cc1nc(C)n([C@H]2CCCN(C(=O)c3ccc4nccn4c3)C2)n1. The van der Waals surface area contributed by atoms with Gasteiger partial charge in [0.1, 0.15) is 17.3 Å². The molecule has 3 aromatic heterocycles. The molecule has 0 bridgehead atoms. The van der Waals surface area contributed by atoms with E-state index in [1.54, 1.807) is 6.20 Å². The number of pyridine rings is 1. The molecule has 3 aromatic rings. The first kappa shape index (κ1) is 14.9. The van der Waals surface area contributed by atoms with Gasteiger partial charge in [0, 0.05) is 31.7 Å². The molecule has 1 amide bonds. The van der Waals surface area contributed by atoms with Gasteiger partial charge in [0.2, 0.25) is 0 Å². The average molecular weight is 324 g/mol. The van der Waals surface area contributed by atoms with E-state index in [1.807, 2.05) is 52.4 Å². The van der Waals surface area contributed by atoms with Crippen molar-refractivity contribution >= 4 is 11.6 Å². The van der Waals surface area contributed by atoms with Crippen LogP contribution < -0.4 is 0 Å². The predicted octanol–water partition coefficient (Wildman–Crippen LogP) is 2.02. The molecule has 1 aliphatic rings. The molecule has 4 heterocycles. The molecule has 124 valence electrons. The van der Waals surface area contributed by atoms with Crippen molar-refractivity contribution in [1.82, 2.24) is 29.0 Å². The molecule has 0 aliphatic carbocycles. The van der Waals surface area contributed by atoms with Gasteiger partial charge in [-0.3, -0.25) is 4.79 Å². The minimum Gasteiger partial charge on any atom is -0.336 e. The smallest absolute Gasteiger partial charge is 0.255 e. The quantitative estimate of drug-likeness (QED) is 0.723. The lowest BCUT2D eigenvalue weighted by molar-refractivity contribution is 0.0670. The van der Waals surface area contributed by atoms with E-state index in [0.717, 1.165) is 36.7 Å². The minimum absolute atomic E-state index is 0.0600. The molecule has 0 radical (unpaired) electrons. The van der Waals surface area contributed by atoms with Gasteiger partial charge < -0.3 is 9.30 Å². The number of nitrogens with zero attached hydrogens (tertiary/aromatic N) is 6. The first-order chi connectivity index (χ1) is 11.6. The lowest BCUT2D eigenvalue weighted by Gasteiger charge is -2.33. The van der Waals surface area contributed by atoms with E-state index in [4.69, 9.17) is 0 Å². The number of piperidine rings is 1. The molecule has 1 fully saturated rings. The van der Waals surface area contributed by atoms with Crippen LogP contribution >= 0.6 is 0 Å². The summed E-state index contributed by atoms with van der Waals surface area (Å²) < 4.78 is 3.84. The van der Waals surface area contributed by atoms with Crippen LogP contribution in [0.5, 0.6) is 0 Å². The Kier molecular flexibility index (Phi) is 3.55. The maximum absolute atomic E-state index is 12.9. The lowest BCUT2D eigenvalue weighted by atomic mass is 10.0. The second kappa shape index (κ2) is 5.74. The highest BCUT2D eigenvalue weighted by Crippen LogP contribution is 2.23. The van der Waals surface area contributed by atoms with E-state index in [-0.39, 0.29) is 11.9 Å². The standard InChI is InChI=1S/C17H20N6O/c1-12-19-13(2)23(20-12)15-4-3-8-22(11-15)17(24)14-5-6-16-18-7-9-21(16)10-14/h5-7,9-10,15H,3-4,8,11H2,1-2H3/t15-/m0/s1. The fourth-order valence-electron chi connectivity index (χ4n) is 3.45. The van der Waals surface area contributed by atoms with Crippen LogP contribution in [-0.4, -0.2) is 48.0 Å². The van der Waals surface area contributed by atoms with E-state index in [9.17, 15) is 4.79 Å². The monoisotopic (exact) mass is 324 g/mol. The molecule has 0 spiro atoms. The van der Waals surface area contributed by atoms with Gasteiger partial charge in [-0.15, -0.1) is 0 Å². The molecule has 1 saturated heterocycles. The predicted molar refractivity (Wildman–Crippen MR) is 88.9 cm³/mol. The molecule has 4 rings (SSSR count). The highest BCUT2D eigenvalue weighted by atomic mass is 16.2. The van der Waals surface area contributed by atoms with Crippen molar-refractivity contribution in [3.63, 3.8) is 0 Å². The highest BCUT2D eigenvalue weighted by molar-refractivity contribution is 5.94. The lowest BCUT2D eigenvalue weighted by Crippen LogP contribution is -2.41. The van der Waals surface area contributed by atoms with Crippen LogP contribution in [0, 0.1) is 13.8 Å². The normalized spacial score (nSPS) is 18.2. The van der Waals surface area contributed by atoms with Gasteiger partial charge in [-0.25, -0.2) is 14.6 Å². The number of aryl methyl sites for hydroxylation is 2. The third-order valence-corrected chi connectivity index (χ3v) is 4.57. The molecular weight excluding hydrogens is 304 g/mol. The summed E-state index contributed by atoms with van der Waals surface area (Å²) in [5, 5.41) is 4.49. The Morgan fingerprint density at radius 3 is 2.96 bits per heavy atom. The molecule has 1 aliphatic heterocycles. The van der Waals surface area contributed by atoms with Crippen molar-refractivity contribution in [2.45, 2.75) is 32.7 Å². The zero-order valence-electron chi connectivity index (χ0n) is 13.9. The fraction of sp³-hybridized carbons (Fsp3) is 0.412.